The van der Waals surface area contributed by atoms with Gasteiger partial charge in [0, 0.05) is 98.8 Å². The van der Waals surface area contributed by atoms with E-state index < -0.39 is 0 Å². The van der Waals surface area contributed by atoms with Crippen LogP contribution in [0.25, 0.3) is 163 Å². The van der Waals surface area contributed by atoms with Crippen LogP contribution in [0.3, 0.4) is 0 Å². The molecule has 496 valence electrons. The number of nitrogens with zero attached hydrogens (tertiary/aromatic N) is 7. The number of rotatable bonds is 9. The normalized spacial score (nSPS) is 11.4. The van der Waals surface area contributed by atoms with Gasteiger partial charge in [-0.2, -0.15) is 0 Å². The molecule has 11 heteroatoms. The second kappa shape index (κ2) is 28.0. The molecule has 105 heavy (non-hydrogen) atoms. The summed E-state index contributed by atoms with van der Waals surface area (Å²) in [5, 5.41) is 2.36. The van der Waals surface area contributed by atoms with E-state index >= 15 is 0 Å². The second-order valence-corrected chi connectivity index (χ2v) is 26.3. The van der Waals surface area contributed by atoms with E-state index in [1.807, 2.05) is 182 Å². The molecule has 2 aliphatic heterocycles. The fourth-order valence-electron chi connectivity index (χ4n) is 14.1. The lowest BCUT2D eigenvalue weighted by Crippen LogP contribution is -2.02. The fourth-order valence-corrected chi connectivity index (χ4v) is 14.5. The zero-order valence-electron chi connectivity index (χ0n) is 56.5. The Hall–Kier alpha value is -13.7. The lowest BCUT2D eigenvalue weighted by Gasteiger charge is -2.16. The number of nitrogens with one attached hydrogen (secondary N) is 1. The first-order chi connectivity index (χ1) is 52.0. The molecule has 14 aromatic carbocycles. The van der Waals surface area contributed by atoms with Crippen molar-refractivity contribution in [2.24, 2.45) is 0 Å². The summed E-state index contributed by atoms with van der Waals surface area (Å²) >= 11 is 3.52. The van der Waals surface area contributed by atoms with Gasteiger partial charge in [-0.15, -0.1) is 0 Å². The summed E-state index contributed by atoms with van der Waals surface area (Å²) in [5.74, 6) is 7.28. The molecule has 20 rings (SSSR count). The minimum Gasteiger partial charge on any atom is -0.456 e. The van der Waals surface area contributed by atoms with Gasteiger partial charge in [-0.05, 0) is 71.8 Å². The topological polar surface area (TPSA) is 117 Å². The van der Waals surface area contributed by atoms with E-state index in [9.17, 15) is 0 Å². The molecule has 0 saturated heterocycles. The molecule has 0 unspecified atom stereocenters. The van der Waals surface area contributed by atoms with Crippen LogP contribution < -0.4 is 9.47 Å². The zero-order valence-corrected chi connectivity index (χ0v) is 58.1. The molecule has 0 spiro atoms. The van der Waals surface area contributed by atoms with Gasteiger partial charge in [0.2, 0.25) is 0 Å². The van der Waals surface area contributed by atoms with Gasteiger partial charge in [-0.25, -0.2) is 29.9 Å². The average molecular weight is 1410 g/mol. The summed E-state index contributed by atoms with van der Waals surface area (Å²) in [4.78, 5) is 32.9. The van der Waals surface area contributed by atoms with Crippen molar-refractivity contribution in [1.29, 1.82) is 0 Å². The standard InChI is InChI=1S/C47H30N4O.C26H17NO.C21H14BrN3/c1-4-16-31(17-5-1)36-26-15-27-39-42-37-24-10-12-28-40(37)52-41-29-13-11-25-38(41)44(42)51(43(36)39)35-23-14-22-34(30-35)47-49-45(32-18-6-2-7-19-32)48-46(50-47)33-20-8-3-9-21-33;1-2-9-17(10-3-1)18-13-8-14-21-24-19-11-4-6-15-22(19)28-23-16-7-5-12-20(23)26(24)27-25(18)21;22-18-13-7-12-17(14-18)21-24-19(15-8-3-1-4-9-15)23-20(25-21)16-10-5-2-6-11-16/h1-30H;1-16,27H;1-14H. The van der Waals surface area contributed by atoms with Crippen LogP contribution in [0.5, 0.6) is 23.0 Å². The summed E-state index contributed by atoms with van der Waals surface area (Å²) in [6, 6.07) is 124. The van der Waals surface area contributed by atoms with Crippen LogP contribution in [0.2, 0.25) is 0 Å². The lowest BCUT2D eigenvalue weighted by atomic mass is 9.96. The second-order valence-electron chi connectivity index (χ2n) is 25.4. The van der Waals surface area contributed by atoms with Crippen LogP contribution in [-0.2, 0) is 0 Å². The third kappa shape index (κ3) is 12.4. The number of H-pyrrole nitrogens is 1. The number of hydrogen-bond acceptors (Lipinski definition) is 8. The molecule has 0 amide bonds. The Kier molecular flexibility index (Phi) is 16.9. The fraction of sp³-hybridized carbons (Fsp3) is 0. The quantitative estimate of drug-likeness (QED) is 0.152. The Labute approximate surface area is 615 Å². The number of halogens is 1. The number of fused-ring (bicyclic) bond motifs is 14. The van der Waals surface area contributed by atoms with Gasteiger partial charge >= 0.3 is 0 Å². The monoisotopic (exact) mass is 1410 g/mol. The maximum Gasteiger partial charge on any atom is 0.164 e. The van der Waals surface area contributed by atoms with Crippen LogP contribution in [-0.4, -0.2) is 39.5 Å². The van der Waals surface area contributed by atoms with Gasteiger partial charge in [0.05, 0.1) is 22.4 Å². The molecule has 0 fully saturated rings. The highest BCUT2D eigenvalue weighted by Gasteiger charge is 2.31. The van der Waals surface area contributed by atoms with Crippen molar-refractivity contribution in [2.45, 2.75) is 0 Å². The Bertz CT molecular complexity index is 6120. The van der Waals surface area contributed by atoms with Crippen molar-refractivity contribution < 1.29 is 9.47 Å². The highest BCUT2D eigenvalue weighted by atomic mass is 79.9. The van der Waals surface area contributed by atoms with Gasteiger partial charge in [-0.3, -0.25) is 0 Å². The molecule has 0 aliphatic carbocycles. The van der Waals surface area contributed by atoms with E-state index in [2.05, 4.69) is 212 Å². The predicted molar refractivity (Wildman–Crippen MR) is 428 cm³/mol. The number of para-hydroxylation sites is 6. The molecule has 0 radical (unpaired) electrons. The number of benzene rings is 14. The molecule has 2 aliphatic rings. The van der Waals surface area contributed by atoms with E-state index in [4.69, 9.17) is 34.4 Å². The first-order valence-corrected chi connectivity index (χ1v) is 35.6. The minimum absolute atomic E-state index is 0.606. The van der Waals surface area contributed by atoms with Gasteiger partial charge in [0.25, 0.3) is 0 Å². The third-order valence-corrected chi connectivity index (χ3v) is 19.4. The Morgan fingerprint density at radius 3 is 1.08 bits per heavy atom. The van der Waals surface area contributed by atoms with Crippen molar-refractivity contribution >= 4 is 37.7 Å². The van der Waals surface area contributed by atoms with Crippen LogP contribution in [0, 0.1) is 0 Å². The Morgan fingerprint density at radius 1 is 0.257 bits per heavy atom. The first-order valence-electron chi connectivity index (χ1n) is 34.8. The maximum atomic E-state index is 6.66. The number of hydrogen-bond donors (Lipinski definition) is 1. The number of ether oxygens (including phenoxy) is 2. The molecule has 0 bridgehead atoms. The van der Waals surface area contributed by atoms with Crippen LogP contribution in [0.1, 0.15) is 0 Å². The van der Waals surface area contributed by atoms with Crippen molar-refractivity contribution in [3.8, 4) is 164 Å². The largest absolute Gasteiger partial charge is 0.456 e. The van der Waals surface area contributed by atoms with Crippen LogP contribution >= 0.6 is 15.9 Å². The van der Waals surface area contributed by atoms with Gasteiger partial charge in [0.15, 0.2) is 34.9 Å². The molecule has 4 aromatic heterocycles. The molecular formula is C94H61BrN8O2. The minimum atomic E-state index is 0.606. The van der Waals surface area contributed by atoms with E-state index in [0.29, 0.717) is 34.9 Å². The third-order valence-electron chi connectivity index (χ3n) is 18.9. The summed E-state index contributed by atoms with van der Waals surface area (Å²) < 4.78 is 16.3. The van der Waals surface area contributed by atoms with Gasteiger partial charge < -0.3 is 19.0 Å². The Morgan fingerprint density at radius 2 is 0.590 bits per heavy atom. The summed E-state index contributed by atoms with van der Waals surface area (Å²) in [6.07, 6.45) is 0. The average Bonchev–Trinajstić information content (AvgIpc) is 1.56. The van der Waals surface area contributed by atoms with Crippen LogP contribution in [0.15, 0.2) is 368 Å². The Balaban J connectivity index is 0.000000124. The summed E-state index contributed by atoms with van der Waals surface area (Å²) in [5.41, 5.74) is 22.4. The van der Waals surface area contributed by atoms with E-state index in [0.717, 1.165) is 133 Å². The molecule has 0 saturated carbocycles. The molecule has 0 atom stereocenters. The van der Waals surface area contributed by atoms with Crippen molar-refractivity contribution in [2.75, 3.05) is 0 Å². The number of aromatic amines is 1. The first kappa shape index (κ1) is 63.4. The molecule has 10 nitrogen and oxygen atoms in total. The van der Waals surface area contributed by atoms with Gasteiger partial charge in [-0.1, -0.05) is 319 Å². The summed E-state index contributed by atoms with van der Waals surface area (Å²) in [6.45, 7) is 0. The SMILES string of the molecule is Brc1cccc(-c2nc(-c3ccccc3)nc(-c3ccccc3)n2)c1.c1ccc(-c2cccc3c4c([nH]c23)-c2ccccc2Oc2ccccc2-4)cc1.c1ccc(-c2nc(-c3ccccc3)nc(-c3cccc(-n4c5c(c6cccc(-c7ccccc7)c64)-c4ccccc4Oc4ccccc4-5)c3)n2)cc1. The molecule has 1 N–H and O–H groups in total. The van der Waals surface area contributed by atoms with Gasteiger partial charge in [0.1, 0.15) is 23.0 Å². The molecule has 18 aromatic rings. The highest BCUT2D eigenvalue weighted by Crippen LogP contribution is 2.54. The highest BCUT2D eigenvalue weighted by molar-refractivity contribution is 9.10. The smallest absolute Gasteiger partial charge is 0.164 e. The lowest BCUT2D eigenvalue weighted by molar-refractivity contribution is 0.487. The van der Waals surface area contributed by atoms with E-state index in [1.54, 1.807) is 0 Å². The van der Waals surface area contributed by atoms with Crippen molar-refractivity contribution in [3.05, 3.63) is 368 Å². The van der Waals surface area contributed by atoms with E-state index in [1.165, 1.54) is 22.1 Å². The van der Waals surface area contributed by atoms with Crippen molar-refractivity contribution in [1.82, 2.24) is 39.5 Å². The maximum absolute atomic E-state index is 6.66. The number of aromatic nitrogens is 8. The molecular weight excluding hydrogens is 1350 g/mol. The predicted octanol–water partition coefficient (Wildman–Crippen LogP) is 24.8. The van der Waals surface area contributed by atoms with E-state index in [-0.39, 0.29) is 0 Å². The zero-order chi connectivity index (χ0) is 70.0. The van der Waals surface area contributed by atoms with Crippen LogP contribution in [0.4, 0.5) is 0 Å². The molecule has 6 heterocycles. The summed E-state index contributed by atoms with van der Waals surface area (Å²) in [7, 11) is 0. The van der Waals surface area contributed by atoms with Crippen molar-refractivity contribution in [3.63, 3.8) is 0 Å².